The van der Waals surface area contributed by atoms with E-state index in [2.05, 4.69) is 74.5 Å². The van der Waals surface area contributed by atoms with Crippen LogP contribution in [0.4, 0.5) is 0 Å². The molecule has 4 heteroatoms. The van der Waals surface area contributed by atoms with Crippen LogP contribution >= 0.6 is 0 Å². The van der Waals surface area contributed by atoms with Crippen LogP contribution in [0.2, 0.25) is 0 Å². The van der Waals surface area contributed by atoms with E-state index in [0.29, 0.717) is 25.0 Å². The lowest BCUT2D eigenvalue weighted by Gasteiger charge is -2.29. The summed E-state index contributed by atoms with van der Waals surface area (Å²) in [7, 11) is 0. The smallest absolute Gasteiger partial charge is 0.183 e. The molecular weight excluding hydrogens is 540 g/mol. The van der Waals surface area contributed by atoms with Crippen LogP contribution in [0, 0.1) is 34.5 Å². The molecule has 0 amide bonds. The van der Waals surface area contributed by atoms with Crippen molar-refractivity contribution in [2.45, 2.75) is 154 Å². The van der Waals surface area contributed by atoms with Crippen molar-refractivity contribution in [1.82, 2.24) is 0 Å². The molecule has 2 saturated carbocycles. The van der Waals surface area contributed by atoms with Gasteiger partial charge in [0.2, 0.25) is 0 Å². The van der Waals surface area contributed by atoms with Crippen molar-refractivity contribution in [3.63, 3.8) is 0 Å². The molecule has 44 heavy (non-hydrogen) atoms. The van der Waals surface area contributed by atoms with Gasteiger partial charge in [0.25, 0.3) is 0 Å². The standard InChI is InChI=1S/C40H56N2O2/c1-3-5-7-9-31-11-19-35(20-12-31)37-23-15-33(16-24-37)29-43-39(27-41)40(28-42)44-30-34-17-25-38(26-18-34)36-21-13-32(14-22-36)10-8-6-4-2/h15-18,23-26,31-32,35-36,39-40H,3-14,19-22,29-30H2,1-2H3/t31-,32-,35-,36-,39-,40-/m1/s1. The molecule has 4 rings (SSSR count). The Morgan fingerprint density at radius 3 is 1.25 bits per heavy atom. The lowest BCUT2D eigenvalue weighted by molar-refractivity contribution is -0.0351. The van der Waals surface area contributed by atoms with Crippen LogP contribution in [0.25, 0.3) is 0 Å². The maximum atomic E-state index is 9.76. The normalized spacial score (nSPS) is 23.4. The summed E-state index contributed by atoms with van der Waals surface area (Å²) in [5, 5.41) is 19.5. The monoisotopic (exact) mass is 596 g/mol. The Balaban J connectivity index is 1.18. The molecule has 2 atom stereocenters. The quantitative estimate of drug-likeness (QED) is 0.170. The van der Waals surface area contributed by atoms with Gasteiger partial charge in [-0.1, -0.05) is 114 Å². The van der Waals surface area contributed by atoms with Crippen molar-refractivity contribution in [3.05, 3.63) is 70.8 Å². The summed E-state index contributed by atoms with van der Waals surface area (Å²) in [5.41, 5.74) is 4.86. The van der Waals surface area contributed by atoms with Crippen LogP contribution in [0.3, 0.4) is 0 Å². The third-order valence-electron chi connectivity index (χ3n) is 10.4. The fourth-order valence-corrected chi connectivity index (χ4v) is 7.46. The maximum absolute atomic E-state index is 9.76. The van der Waals surface area contributed by atoms with E-state index in [1.54, 1.807) is 0 Å². The van der Waals surface area contributed by atoms with E-state index >= 15 is 0 Å². The van der Waals surface area contributed by atoms with Crippen molar-refractivity contribution < 1.29 is 9.47 Å². The van der Waals surface area contributed by atoms with Crippen LogP contribution in [0.5, 0.6) is 0 Å². The molecule has 238 valence electrons. The molecule has 0 saturated heterocycles. The number of hydrogen-bond acceptors (Lipinski definition) is 4. The zero-order valence-electron chi connectivity index (χ0n) is 27.5. The fraction of sp³-hybridized carbons (Fsp3) is 0.650. The van der Waals surface area contributed by atoms with Crippen molar-refractivity contribution in [2.75, 3.05) is 0 Å². The summed E-state index contributed by atoms with van der Waals surface area (Å²) >= 11 is 0. The van der Waals surface area contributed by atoms with Crippen molar-refractivity contribution in [2.24, 2.45) is 11.8 Å². The predicted octanol–water partition coefficient (Wildman–Crippen LogP) is 10.9. The van der Waals surface area contributed by atoms with Gasteiger partial charge in [-0.15, -0.1) is 0 Å². The van der Waals surface area contributed by atoms with E-state index in [1.807, 2.05) is 0 Å². The van der Waals surface area contributed by atoms with Crippen molar-refractivity contribution in [1.29, 1.82) is 10.5 Å². The second-order valence-corrected chi connectivity index (χ2v) is 13.6. The lowest BCUT2D eigenvalue weighted by Crippen LogP contribution is -2.29. The first kappa shape index (κ1) is 34.2. The molecule has 2 aromatic rings. The summed E-state index contributed by atoms with van der Waals surface area (Å²) in [6.07, 6.45) is 19.6. The van der Waals surface area contributed by atoms with Crippen molar-refractivity contribution in [3.8, 4) is 12.1 Å². The first-order valence-corrected chi connectivity index (χ1v) is 17.8. The highest BCUT2D eigenvalue weighted by molar-refractivity contribution is 5.27. The van der Waals surface area contributed by atoms with Gasteiger partial charge in [-0.2, -0.15) is 10.5 Å². The van der Waals surface area contributed by atoms with Gasteiger partial charge in [0.15, 0.2) is 12.2 Å². The molecule has 2 aliphatic rings. The number of nitrogens with zero attached hydrogens (tertiary/aromatic N) is 2. The summed E-state index contributed by atoms with van der Waals surface area (Å²) in [6, 6.07) is 21.6. The highest BCUT2D eigenvalue weighted by Gasteiger charge is 2.25. The molecule has 4 nitrogen and oxygen atoms in total. The topological polar surface area (TPSA) is 66.0 Å². The van der Waals surface area contributed by atoms with E-state index < -0.39 is 12.2 Å². The number of ether oxygens (including phenoxy) is 2. The van der Waals surface area contributed by atoms with Crippen molar-refractivity contribution >= 4 is 0 Å². The SMILES string of the molecule is CCCCC[C@H]1CC[C@H](c2ccc(CO[C@H](C#N)[C@@H](C#N)OCc3ccc([C@H]4CC[C@H](CCCCC)CC4)cc3)cc2)CC1. The fourth-order valence-electron chi connectivity index (χ4n) is 7.46. The molecule has 0 N–H and O–H groups in total. The Morgan fingerprint density at radius 1 is 0.568 bits per heavy atom. The highest BCUT2D eigenvalue weighted by atomic mass is 16.5. The van der Waals surface area contributed by atoms with Gasteiger partial charge in [0.1, 0.15) is 0 Å². The van der Waals surface area contributed by atoms with Crippen LogP contribution in [-0.2, 0) is 22.7 Å². The van der Waals surface area contributed by atoms with E-state index in [4.69, 9.17) is 9.47 Å². The Morgan fingerprint density at radius 2 is 0.932 bits per heavy atom. The highest BCUT2D eigenvalue weighted by Crippen LogP contribution is 2.39. The Labute approximate surface area is 268 Å². The molecule has 0 aliphatic heterocycles. The van der Waals surface area contributed by atoms with E-state index in [0.717, 1.165) is 23.0 Å². The van der Waals surface area contributed by atoms with E-state index in [9.17, 15) is 10.5 Å². The number of nitriles is 2. The molecule has 0 radical (unpaired) electrons. The molecule has 0 heterocycles. The molecule has 0 bridgehead atoms. The molecule has 2 fully saturated rings. The Kier molecular flexibility index (Phi) is 14.8. The zero-order chi connectivity index (χ0) is 31.0. The molecule has 0 unspecified atom stereocenters. The van der Waals surface area contributed by atoms with Crippen LogP contribution in [0.15, 0.2) is 48.5 Å². The van der Waals surface area contributed by atoms with Gasteiger partial charge >= 0.3 is 0 Å². The van der Waals surface area contributed by atoms with Crippen LogP contribution in [-0.4, -0.2) is 12.2 Å². The van der Waals surface area contributed by atoms with Gasteiger partial charge in [0, 0.05) is 0 Å². The van der Waals surface area contributed by atoms with E-state index in [1.165, 1.54) is 114 Å². The minimum absolute atomic E-state index is 0.291. The molecule has 0 aromatic heterocycles. The zero-order valence-corrected chi connectivity index (χ0v) is 27.5. The van der Waals surface area contributed by atoms with E-state index in [-0.39, 0.29) is 0 Å². The summed E-state index contributed by atoms with van der Waals surface area (Å²) in [6.45, 7) is 5.14. The second kappa shape index (κ2) is 19.0. The lowest BCUT2D eigenvalue weighted by atomic mass is 9.77. The number of unbranched alkanes of at least 4 members (excludes halogenated alkanes) is 4. The molecule has 2 aliphatic carbocycles. The number of rotatable bonds is 17. The van der Waals surface area contributed by atoms with Gasteiger partial charge < -0.3 is 9.47 Å². The molecule has 2 aromatic carbocycles. The molecule has 0 spiro atoms. The molecular formula is C40H56N2O2. The Bertz CT molecular complexity index is 1050. The van der Waals surface area contributed by atoms with Crippen LogP contribution in [0.1, 0.15) is 151 Å². The predicted molar refractivity (Wildman–Crippen MR) is 179 cm³/mol. The van der Waals surface area contributed by atoms with Gasteiger partial charge in [-0.3, -0.25) is 0 Å². The Hall–Kier alpha value is -2.66. The second-order valence-electron chi connectivity index (χ2n) is 13.6. The largest absolute Gasteiger partial charge is 0.355 e. The summed E-state index contributed by atoms with van der Waals surface area (Å²) in [5.74, 6) is 3.13. The summed E-state index contributed by atoms with van der Waals surface area (Å²) in [4.78, 5) is 0. The first-order valence-electron chi connectivity index (χ1n) is 17.8. The third kappa shape index (κ3) is 10.8. The average Bonchev–Trinajstić information content (AvgIpc) is 3.08. The van der Waals surface area contributed by atoms with Gasteiger partial charge in [-0.25, -0.2) is 0 Å². The minimum atomic E-state index is -0.936. The van der Waals surface area contributed by atoms with Gasteiger partial charge in [-0.05, 0) is 97.3 Å². The first-order chi connectivity index (χ1) is 21.6. The summed E-state index contributed by atoms with van der Waals surface area (Å²) < 4.78 is 11.8. The minimum Gasteiger partial charge on any atom is -0.355 e. The number of hydrogen-bond donors (Lipinski definition) is 0. The third-order valence-corrected chi connectivity index (χ3v) is 10.4. The maximum Gasteiger partial charge on any atom is 0.183 e. The average molecular weight is 597 g/mol. The number of benzene rings is 2. The van der Waals surface area contributed by atoms with Crippen LogP contribution < -0.4 is 0 Å². The van der Waals surface area contributed by atoms with Gasteiger partial charge in [0.05, 0.1) is 25.4 Å².